The van der Waals surface area contributed by atoms with Gasteiger partial charge in [0.05, 0.1) is 4.83 Å². The van der Waals surface area contributed by atoms with E-state index in [0.717, 1.165) is 22.1 Å². The van der Waals surface area contributed by atoms with Crippen molar-refractivity contribution in [1.82, 2.24) is 0 Å². The van der Waals surface area contributed by atoms with E-state index in [1.165, 1.54) is 13.0 Å². The van der Waals surface area contributed by atoms with Crippen molar-refractivity contribution in [1.29, 1.82) is 0 Å². The lowest BCUT2D eigenvalue weighted by molar-refractivity contribution is -0.131. The van der Waals surface area contributed by atoms with Crippen LogP contribution in [0.3, 0.4) is 0 Å². The van der Waals surface area contributed by atoms with Gasteiger partial charge in [-0.25, -0.2) is 4.79 Å². The van der Waals surface area contributed by atoms with Crippen LogP contribution in [0.25, 0.3) is 6.08 Å². The Balaban J connectivity index is 3.24. The minimum Gasteiger partial charge on any atom is -0.478 e. The second-order valence-electron chi connectivity index (χ2n) is 3.64. The summed E-state index contributed by atoms with van der Waals surface area (Å²) in [6.07, 6.45) is 4.52. The number of carbonyl (C=O) groups is 2. The summed E-state index contributed by atoms with van der Waals surface area (Å²) >= 11 is 4.88. The third-order valence-electron chi connectivity index (χ3n) is 2.33. The normalized spacial score (nSPS) is 12.6. The zero-order valence-corrected chi connectivity index (χ0v) is 12.4. The van der Waals surface area contributed by atoms with E-state index in [4.69, 9.17) is 5.11 Å². The quantitative estimate of drug-likeness (QED) is 0.510. The molecule has 1 atom stereocenters. The minimum absolute atomic E-state index is 0.0168. The molecule has 0 saturated heterocycles. The van der Waals surface area contributed by atoms with Crippen LogP contribution in [-0.2, 0) is 9.59 Å². The summed E-state index contributed by atoms with van der Waals surface area (Å²) in [6, 6.07) is 5.63. The van der Waals surface area contributed by atoms with Gasteiger partial charge in [0.1, 0.15) is 5.78 Å². The van der Waals surface area contributed by atoms with Crippen LogP contribution in [0.5, 0.6) is 0 Å². The molecular weight excluding hydrogens is 316 g/mol. The van der Waals surface area contributed by atoms with Gasteiger partial charge >= 0.3 is 5.97 Å². The average molecular weight is 329 g/mol. The van der Waals surface area contributed by atoms with Crippen LogP contribution in [0.1, 0.15) is 22.9 Å². The lowest BCUT2D eigenvalue weighted by atomic mass is 10.0. The molecule has 1 aromatic rings. The number of ketones is 1. The minimum atomic E-state index is -1.01. The first-order valence-corrected chi connectivity index (χ1v) is 7.33. The molecule has 0 heterocycles. The number of Topliss-reactive ketones (excluding diaryl/α,β-unsaturated/α-hetero) is 1. The summed E-state index contributed by atoms with van der Waals surface area (Å²) in [5, 5.41) is 8.67. The molecule has 18 heavy (non-hydrogen) atoms. The Morgan fingerprint density at radius 3 is 2.61 bits per heavy atom. The number of hydrogen-bond acceptors (Lipinski definition) is 3. The molecule has 0 aliphatic carbocycles. The van der Waals surface area contributed by atoms with Crippen molar-refractivity contribution >= 4 is 45.5 Å². The number of benzene rings is 1. The molecule has 96 valence electrons. The smallest absolute Gasteiger partial charge is 0.328 e. The molecular formula is C13H13BrO3S. The highest BCUT2D eigenvalue weighted by Gasteiger charge is 2.15. The molecule has 0 aliphatic rings. The molecule has 0 fully saturated rings. The highest BCUT2D eigenvalue weighted by molar-refractivity contribution is 9.09. The number of thioether (sulfide) groups is 1. The summed E-state index contributed by atoms with van der Waals surface area (Å²) in [6.45, 7) is 1.49. The van der Waals surface area contributed by atoms with E-state index >= 15 is 0 Å². The molecule has 3 nitrogen and oxygen atoms in total. The molecule has 0 saturated carbocycles. The number of alkyl halides is 1. The van der Waals surface area contributed by atoms with E-state index in [-0.39, 0.29) is 5.78 Å². The van der Waals surface area contributed by atoms with Crippen LogP contribution >= 0.6 is 27.7 Å². The van der Waals surface area contributed by atoms with E-state index in [1.54, 1.807) is 11.8 Å². The predicted octanol–water partition coefficient (Wildman–Crippen LogP) is 3.53. The number of carboxylic acid groups (broad SMARTS) is 1. The molecule has 0 aliphatic heterocycles. The van der Waals surface area contributed by atoms with Gasteiger partial charge in [0.25, 0.3) is 0 Å². The van der Waals surface area contributed by atoms with E-state index in [9.17, 15) is 9.59 Å². The van der Waals surface area contributed by atoms with Crippen molar-refractivity contribution in [3.63, 3.8) is 0 Å². The molecule has 1 N–H and O–H groups in total. The zero-order valence-electron chi connectivity index (χ0n) is 10.0. The van der Waals surface area contributed by atoms with Crippen molar-refractivity contribution in [2.75, 3.05) is 6.26 Å². The topological polar surface area (TPSA) is 54.4 Å². The summed E-state index contributed by atoms with van der Waals surface area (Å²) in [5.41, 5.74) is 1.51. The molecule has 1 unspecified atom stereocenters. The van der Waals surface area contributed by atoms with Crippen LogP contribution in [0, 0.1) is 0 Å². The van der Waals surface area contributed by atoms with Crippen molar-refractivity contribution in [2.24, 2.45) is 0 Å². The maximum absolute atomic E-state index is 11.4. The van der Waals surface area contributed by atoms with Crippen LogP contribution in [-0.4, -0.2) is 23.1 Å². The summed E-state index contributed by atoms with van der Waals surface area (Å²) in [4.78, 5) is 22.6. The standard InChI is InChI=1S/C13H13BrO3S/c1-8(15)13(14)11-5-4-10(18-2)7-9(11)3-6-12(16)17/h3-7,13H,1-2H3,(H,16,17). The third kappa shape index (κ3) is 3.99. The molecule has 1 aromatic carbocycles. The van der Waals surface area contributed by atoms with Gasteiger partial charge in [0.2, 0.25) is 0 Å². The van der Waals surface area contributed by atoms with Gasteiger partial charge in [-0.05, 0) is 42.5 Å². The van der Waals surface area contributed by atoms with Gasteiger partial charge in [-0.2, -0.15) is 0 Å². The number of halogens is 1. The van der Waals surface area contributed by atoms with Gasteiger partial charge < -0.3 is 5.11 Å². The number of carbonyl (C=O) groups excluding carboxylic acids is 1. The van der Waals surface area contributed by atoms with Crippen LogP contribution < -0.4 is 0 Å². The average Bonchev–Trinajstić information content (AvgIpc) is 2.34. The molecule has 0 amide bonds. The van der Waals surface area contributed by atoms with Crippen LogP contribution in [0.2, 0.25) is 0 Å². The molecule has 0 spiro atoms. The summed E-state index contributed by atoms with van der Waals surface area (Å²) in [7, 11) is 0. The zero-order chi connectivity index (χ0) is 13.7. The van der Waals surface area contributed by atoms with E-state index in [2.05, 4.69) is 15.9 Å². The summed E-state index contributed by atoms with van der Waals surface area (Å²) < 4.78 is 0. The highest BCUT2D eigenvalue weighted by atomic mass is 79.9. The van der Waals surface area contributed by atoms with Crippen LogP contribution in [0.15, 0.2) is 29.2 Å². The molecule has 0 radical (unpaired) electrons. The Morgan fingerprint density at radius 2 is 2.11 bits per heavy atom. The predicted molar refractivity (Wildman–Crippen MR) is 77.2 cm³/mol. The Bertz CT molecular complexity index is 497. The van der Waals surface area contributed by atoms with Crippen molar-refractivity contribution in [3.8, 4) is 0 Å². The molecule has 0 aromatic heterocycles. The Labute approximate surface area is 118 Å². The maximum Gasteiger partial charge on any atom is 0.328 e. The fourth-order valence-corrected chi connectivity index (χ4v) is 2.30. The van der Waals surface area contributed by atoms with Gasteiger partial charge in [0.15, 0.2) is 0 Å². The van der Waals surface area contributed by atoms with Gasteiger partial charge in [-0.15, -0.1) is 11.8 Å². The van der Waals surface area contributed by atoms with Gasteiger partial charge in [-0.3, -0.25) is 4.79 Å². The number of hydrogen-bond donors (Lipinski definition) is 1. The Hall–Kier alpha value is -1.07. The van der Waals surface area contributed by atoms with Crippen LogP contribution in [0.4, 0.5) is 0 Å². The second-order valence-corrected chi connectivity index (χ2v) is 5.43. The second kappa shape index (κ2) is 6.75. The fraction of sp³-hybridized carbons (Fsp3) is 0.231. The van der Waals surface area contributed by atoms with Gasteiger partial charge in [0, 0.05) is 11.0 Å². The SMILES string of the molecule is CSc1ccc(C(Br)C(C)=O)c(C=CC(=O)O)c1. The first kappa shape index (κ1) is 15.0. The first-order chi connectivity index (χ1) is 8.45. The van der Waals surface area contributed by atoms with E-state index in [1.807, 2.05) is 24.5 Å². The fourth-order valence-electron chi connectivity index (χ4n) is 1.44. The van der Waals surface area contributed by atoms with E-state index in [0.29, 0.717) is 0 Å². The number of carboxylic acids is 1. The third-order valence-corrected chi connectivity index (χ3v) is 4.19. The molecule has 1 rings (SSSR count). The largest absolute Gasteiger partial charge is 0.478 e. The lowest BCUT2D eigenvalue weighted by Crippen LogP contribution is -2.03. The highest BCUT2D eigenvalue weighted by Crippen LogP contribution is 2.30. The Kier molecular flexibility index (Phi) is 5.62. The Morgan fingerprint density at radius 1 is 1.44 bits per heavy atom. The van der Waals surface area contributed by atoms with Crippen molar-refractivity contribution in [3.05, 3.63) is 35.4 Å². The van der Waals surface area contributed by atoms with E-state index < -0.39 is 10.8 Å². The first-order valence-electron chi connectivity index (χ1n) is 5.19. The number of aliphatic carboxylic acids is 1. The monoisotopic (exact) mass is 328 g/mol. The number of rotatable bonds is 5. The molecule has 0 bridgehead atoms. The van der Waals surface area contributed by atoms with Gasteiger partial charge in [-0.1, -0.05) is 22.0 Å². The van der Waals surface area contributed by atoms with Crippen molar-refractivity contribution in [2.45, 2.75) is 16.6 Å². The molecule has 5 heteroatoms. The van der Waals surface area contributed by atoms with Crippen molar-refractivity contribution < 1.29 is 14.7 Å². The lowest BCUT2D eigenvalue weighted by Gasteiger charge is -2.11. The maximum atomic E-state index is 11.4. The summed E-state index contributed by atoms with van der Waals surface area (Å²) in [5.74, 6) is -1.03.